The Hall–Kier alpha value is -4.45. The molecule has 400 valence electrons. The molecule has 0 amide bonds. The van der Waals surface area contributed by atoms with E-state index in [1.807, 2.05) is 42.5 Å². The number of hydrogen-bond donors (Lipinski definition) is 0. The summed E-state index contributed by atoms with van der Waals surface area (Å²) in [7, 11) is 0. The van der Waals surface area contributed by atoms with Crippen molar-refractivity contribution in [3.8, 4) is 0 Å². The second kappa shape index (κ2) is 58.1. The summed E-state index contributed by atoms with van der Waals surface area (Å²) in [6, 6.07) is 0. The van der Waals surface area contributed by atoms with E-state index in [0.29, 0.717) is 12.8 Å². The SMILES string of the molecule is CC/C=C\C/C=C\C/C=C\C/C=C\C/C=C\C/C=C\CCC(=O)OCC(COC(=O)CCCCCCCCCCCCCCCCCC)OC(=O)CCCCCCC\C=C/C=C\C=C/C=C\C=C/CCC. The first-order valence-corrected chi connectivity index (χ1v) is 28.8. The molecule has 0 aliphatic carbocycles. The normalized spacial score (nSPS) is 13.1. The van der Waals surface area contributed by atoms with E-state index >= 15 is 0 Å². The molecule has 0 fully saturated rings. The monoisotopic (exact) mass is 981 g/mol. The summed E-state index contributed by atoms with van der Waals surface area (Å²) in [5.74, 6) is -1.03. The molecule has 1 unspecified atom stereocenters. The Morgan fingerprint density at radius 3 is 1.10 bits per heavy atom. The van der Waals surface area contributed by atoms with Gasteiger partial charge in [0.05, 0.1) is 0 Å². The maximum Gasteiger partial charge on any atom is 0.306 e. The number of carbonyl (C=O) groups excluding carboxylic acids is 3. The molecule has 0 N–H and O–H groups in total. The summed E-state index contributed by atoms with van der Waals surface area (Å²) in [5, 5.41) is 0. The minimum atomic E-state index is -0.826. The molecule has 0 aromatic carbocycles. The molecule has 71 heavy (non-hydrogen) atoms. The van der Waals surface area contributed by atoms with Crippen LogP contribution in [0.5, 0.6) is 0 Å². The summed E-state index contributed by atoms with van der Waals surface area (Å²) >= 11 is 0. The predicted octanol–water partition coefficient (Wildman–Crippen LogP) is 19.4. The van der Waals surface area contributed by atoms with Crippen molar-refractivity contribution in [3.05, 3.63) is 134 Å². The molecule has 0 heterocycles. The fourth-order valence-corrected chi connectivity index (χ4v) is 7.50. The van der Waals surface area contributed by atoms with Gasteiger partial charge >= 0.3 is 17.9 Å². The minimum Gasteiger partial charge on any atom is -0.462 e. The molecule has 0 aromatic rings. The number of esters is 3. The predicted molar refractivity (Wildman–Crippen MR) is 306 cm³/mol. The van der Waals surface area contributed by atoms with Crippen LogP contribution in [0.2, 0.25) is 0 Å². The Kier molecular flexibility index (Phi) is 54.5. The van der Waals surface area contributed by atoms with E-state index in [9.17, 15) is 14.4 Å². The van der Waals surface area contributed by atoms with Gasteiger partial charge in [-0.1, -0.05) is 276 Å². The lowest BCUT2D eigenvalue weighted by molar-refractivity contribution is -0.166. The maximum absolute atomic E-state index is 12.9. The summed E-state index contributed by atoms with van der Waals surface area (Å²) in [4.78, 5) is 38.2. The van der Waals surface area contributed by atoms with E-state index < -0.39 is 6.10 Å². The van der Waals surface area contributed by atoms with Crippen LogP contribution in [0.15, 0.2) is 134 Å². The summed E-state index contributed by atoms with van der Waals surface area (Å²) in [6.45, 7) is 6.35. The van der Waals surface area contributed by atoms with E-state index in [4.69, 9.17) is 14.2 Å². The van der Waals surface area contributed by atoms with Gasteiger partial charge in [0.25, 0.3) is 0 Å². The van der Waals surface area contributed by atoms with Gasteiger partial charge in [-0.2, -0.15) is 0 Å². The van der Waals surface area contributed by atoms with Gasteiger partial charge in [0.15, 0.2) is 6.10 Å². The van der Waals surface area contributed by atoms with E-state index in [1.54, 1.807) is 0 Å². The van der Waals surface area contributed by atoms with Crippen LogP contribution in [0.25, 0.3) is 0 Å². The average Bonchev–Trinajstić information content (AvgIpc) is 3.37. The van der Waals surface area contributed by atoms with Crippen LogP contribution in [-0.2, 0) is 28.6 Å². The van der Waals surface area contributed by atoms with Crippen molar-refractivity contribution >= 4 is 17.9 Å². The summed E-state index contributed by atoms with van der Waals surface area (Å²) in [5.41, 5.74) is 0. The smallest absolute Gasteiger partial charge is 0.306 e. The molecule has 0 spiro atoms. The van der Waals surface area contributed by atoms with E-state index in [1.165, 1.54) is 89.9 Å². The van der Waals surface area contributed by atoms with Gasteiger partial charge in [-0.05, 0) is 77.0 Å². The summed E-state index contributed by atoms with van der Waals surface area (Å²) < 4.78 is 16.8. The zero-order chi connectivity index (χ0) is 51.4. The Morgan fingerprint density at radius 2 is 0.662 bits per heavy atom. The number of allylic oxidation sites excluding steroid dienone is 22. The van der Waals surface area contributed by atoms with Crippen LogP contribution in [-0.4, -0.2) is 37.2 Å². The fourth-order valence-electron chi connectivity index (χ4n) is 7.50. The second-order valence-corrected chi connectivity index (χ2v) is 18.6. The van der Waals surface area contributed by atoms with Gasteiger partial charge in [-0.25, -0.2) is 0 Å². The van der Waals surface area contributed by atoms with Crippen molar-refractivity contribution in [1.29, 1.82) is 0 Å². The van der Waals surface area contributed by atoms with Gasteiger partial charge < -0.3 is 14.2 Å². The Bertz CT molecular complexity index is 1550. The Morgan fingerprint density at radius 1 is 0.310 bits per heavy atom. The molecule has 6 heteroatoms. The largest absolute Gasteiger partial charge is 0.462 e. The van der Waals surface area contributed by atoms with Crippen LogP contribution >= 0.6 is 0 Å². The molecule has 0 rings (SSSR count). The quantitative estimate of drug-likeness (QED) is 0.0199. The van der Waals surface area contributed by atoms with Crippen molar-refractivity contribution in [2.24, 2.45) is 0 Å². The second-order valence-electron chi connectivity index (χ2n) is 18.6. The standard InChI is InChI=1S/C65H104O6/c1-4-7-10-13-16-19-22-25-28-31-33-35-37-40-43-46-49-52-55-58-64(67)70-61-62(60-69-63(66)57-54-51-48-45-42-39-36-30-27-24-21-18-15-12-9-6-3)71-65(68)59-56-53-50-47-44-41-38-34-32-29-26-23-20-17-14-11-8-5-2/h7,10-11,14,16-17,19-20,23,25-26,28-29,32-35,38,40,43,49,52,62H,4-6,8-9,12-13,15,18,21-22,24,27,30-31,36-37,39,41-42,44-48,50-51,53-61H2,1-3H3/b10-7-,14-11-,19-16-,20-17-,26-23-,28-25-,32-29-,35-33-,38-34-,43-40-,52-49-. The van der Waals surface area contributed by atoms with E-state index in [2.05, 4.69) is 112 Å². The Labute approximate surface area is 436 Å². The molecule has 0 aromatic heterocycles. The number of hydrogen-bond acceptors (Lipinski definition) is 6. The first kappa shape index (κ1) is 66.6. The highest BCUT2D eigenvalue weighted by Crippen LogP contribution is 2.15. The highest BCUT2D eigenvalue weighted by molar-refractivity contribution is 5.71. The third-order valence-corrected chi connectivity index (χ3v) is 11.8. The molecule has 0 radical (unpaired) electrons. The van der Waals surface area contributed by atoms with Gasteiger partial charge in [0, 0.05) is 19.3 Å². The van der Waals surface area contributed by atoms with Crippen molar-refractivity contribution in [2.45, 2.75) is 245 Å². The lowest BCUT2D eigenvalue weighted by atomic mass is 10.0. The molecule has 1 atom stereocenters. The topological polar surface area (TPSA) is 78.9 Å². The first-order chi connectivity index (χ1) is 35.0. The van der Waals surface area contributed by atoms with E-state index in [-0.39, 0.29) is 44.0 Å². The van der Waals surface area contributed by atoms with Crippen LogP contribution in [0, 0.1) is 0 Å². The lowest BCUT2D eigenvalue weighted by Crippen LogP contribution is -2.30. The van der Waals surface area contributed by atoms with Gasteiger partial charge in [0.1, 0.15) is 13.2 Å². The van der Waals surface area contributed by atoms with E-state index in [0.717, 1.165) is 103 Å². The maximum atomic E-state index is 12.9. The molecule has 0 saturated carbocycles. The number of rotatable bonds is 50. The summed E-state index contributed by atoms with van der Waals surface area (Å²) in [6.07, 6.45) is 81.6. The Balaban J connectivity index is 4.57. The molecule has 0 saturated heterocycles. The van der Waals surface area contributed by atoms with Crippen LogP contribution in [0.3, 0.4) is 0 Å². The van der Waals surface area contributed by atoms with Crippen LogP contribution < -0.4 is 0 Å². The van der Waals surface area contributed by atoms with Crippen LogP contribution in [0.4, 0.5) is 0 Å². The van der Waals surface area contributed by atoms with Gasteiger partial charge in [-0.3, -0.25) is 14.4 Å². The highest BCUT2D eigenvalue weighted by atomic mass is 16.6. The van der Waals surface area contributed by atoms with Crippen molar-refractivity contribution in [1.82, 2.24) is 0 Å². The van der Waals surface area contributed by atoms with Crippen molar-refractivity contribution in [2.75, 3.05) is 13.2 Å². The molecule has 0 aliphatic rings. The average molecular weight is 982 g/mol. The van der Waals surface area contributed by atoms with Gasteiger partial charge in [-0.15, -0.1) is 0 Å². The number of carbonyl (C=O) groups is 3. The first-order valence-electron chi connectivity index (χ1n) is 28.8. The highest BCUT2D eigenvalue weighted by Gasteiger charge is 2.19. The lowest BCUT2D eigenvalue weighted by Gasteiger charge is -2.18. The van der Waals surface area contributed by atoms with Crippen molar-refractivity contribution < 1.29 is 28.6 Å². The third-order valence-electron chi connectivity index (χ3n) is 11.8. The van der Waals surface area contributed by atoms with Crippen molar-refractivity contribution in [3.63, 3.8) is 0 Å². The van der Waals surface area contributed by atoms with Gasteiger partial charge in [0.2, 0.25) is 0 Å². The third kappa shape index (κ3) is 56.3. The zero-order valence-electron chi connectivity index (χ0n) is 45.7. The van der Waals surface area contributed by atoms with Crippen LogP contribution in [0.1, 0.15) is 239 Å². The molecular weight excluding hydrogens is 877 g/mol. The fraction of sp³-hybridized carbons (Fsp3) is 0.615. The number of unbranched alkanes of at least 4 members (excludes halogenated alkanes) is 21. The zero-order valence-corrected chi connectivity index (χ0v) is 45.7. The molecule has 6 nitrogen and oxygen atoms in total. The minimum absolute atomic E-state index is 0.114. The molecule has 0 aliphatic heterocycles. The number of ether oxygens (including phenoxy) is 3. The molecule has 0 bridgehead atoms. The molecular formula is C65H104O6.